The minimum atomic E-state index is -0.0628. The van der Waals surface area contributed by atoms with Gasteiger partial charge in [-0.15, -0.1) is 0 Å². The number of ether oxygens (including phenoxy) is 1. The average Bonchev–Trinajstić information content (AvgIpc) is 3.06. The van der Waals surface area contributed by atoms with Gasteiger partial charge in [-0.2, -0.15) is 0 Å². The number of anilines is 1. The van der Waals surface area contributed by atoms with Crippen LogP contribution in [0, 0.1) is 0 Å². The van der Waals surface area contributed by atoms with E-state index in [9.17, 15) is 4.79 Å². The van der Waals surface area contributed by atoms with Crippen LogP contribution in [0.15, 0.2) is 45.8 Å². The van der Waals surface area contributed by atoms with Crippen LogP contribution in [0.5, 0.6) is 5.75 Å². The normalized spacial score (nSPS) is 10.7. The van der Waals surface area contributed by atoms with Gasteiger partial charge < -0.3 is 19.3 Å². The molecule has 0 saturated heterocycles. The van der Waals surface area contributed by atoms with Gasteiger partial charge in [0.05, 0.1) is 17.4 Å². The predicted molar refractivity (Wildman–Crippen MR) is 103 cm³/mol. The molecule has 0 fully saturated rings. The molecule has 0 radical (unpaired) electrons. The van der Waals surface area contributed by atoms with Gasteiger partial charge in [0, 0.05) is 13.5 Å². The van der Waals surface area contributed by atoms with E-state index in [2.05, 4.69) is 34.3 Å². The lowest BCUT2D eigenvalue weighted by molar-refractivity contribution is -0.119. The molecular formula is C19H21N3O3S. The Morgan fingerprint density at radius 2 is 2.04 bits per heavy atom. The van der Waals surface area contributed by atoms with E-state index in [1.165, 1.54) is 24.4 Å². The maximum Gasteiger partial charge on any atom is 0.217 e. The number of nitrogens with one attached hydrogen (secondary N) is 2. The second kappa shape index (κ2) is 8.14. The highest BCUT2D eigenvalue weighted by atomic mass is 32.2. The Morgan fingerprint density at radius 3 is 2.77 bits per heavy atom. The van der Waals surface area contributed by atoms with Gasteiger partial charge in [0.2, 0.25) is 5.91 Å². The molecule has 0 aliphatic rings. The van der Waals surface area contributed by atoms with Crippen LogP contribution in [-0.4, -0.2) is 18.2 Å². The Labute approximate surface area is 156 Å². The lowest BCUT2D eigenvalue weighted by Crippen LogP contribution is -2.18. The first-order chi connectivity index (χ1) is 12.6. The van der Waals surface area contributed by atoms with Gasteiger partial charge in [-0.25, -0.2) is 0 Å². The van der Waals surface area contributed by atoms with E-state index < -0.39 is 0 Å². The van der Waals surface area contributed by atoms with Crippen molar-refractivity contribution in [2.24, 2.45) is 0 Å². The van der Waals surface area contributed by atoms with Crippen molar-refractivity contribution < 1.29 is 14.1 Å². The van der Waals surface area contributed by atoms with Crippen LogP contribution in [0.3, 0.4) is 0 Å². The summed E-state index contributed by atoms with van der Waals surface area (Å²) >= 11 is 1.43. The molecule has 2 aromatic carbocycles. The Morgan fingerprint density at radius 1 is 1.23 bits per heavy atom. The molecule has 1 aromatic heterocycles. The molecule has 0 bridgehead atoms. The largest absolute Gasteiger partial charge is 0.496 e. The molecule has 3 aromatic rings. The number of benzene rings is 2. The van der Waals surface area contributed by atoms with Gasteiger partial charge in [0.15, 0.2) is 11.4 Å². The summed E-state index contributed by atoms with van der Waals surface area (Å²) in [4.78, 5) is 12.1. The molecule has 3 rings (SSSR count). The quantitative estimate of drug-likeness (QED) is 0.608. The number of nitrogens with zero attached hydrogens (tertiary/aromatic N) is 1. The third kappa shape index (κ3) is 4.11. The van der Waals surface area contributed by atoms with Gasteiger partial charge in [0.1, 0.15) is 5.75 Å². The van der Waals surface area contributed by atoms with E-state index in [1.54, 1.807) is 7.11 Å². The second-order valence-corrected chi connectivity index (χ2v) is 6.66. The first-order valence-electron chi connectivity index (χ1n) is 8.33. The molecule has 0 unspecified atom stereocenters. The lowest BCUT2D eigenvalue weighted by atomic mass is 10.1. The van der Waals surface area contributed by atoms with E-state index in [4.69, 9.17) is 9.26 Å². The number of aryl methyl sites for hydroxylation is 1. The van der Waals surface area contributed by atoms with Gasteiger partial charge in [-0.3, -0.25) is 4.79 Å². The molecule has 0 aliphatic carbocycles. The van der Waals surface area contributed by atoms with Crippen molar-refractivity contribution in [3.8, 4) is 5.75 Å². The highest BCUT2D eigenvalue weighted by Crippen LogP contribution is 2.33. The Hall–Kier alpha value is -2.67. The van der Waals surface area contributed by atoms with Crippen molar-refractivity contribution in [3.63, 3.8) is 0 Å². The first kappa shape index (κ1) is 18.1. The summed E-state index contributed by atoms with van der Waals surface area (Å²) in [6.07, 6.45) is 0.955. The SMILES string of the molecule is CCc1ccc(OC)c(SNc2noc3ccc(CNC(C)=O)cc23)c1. The summed E-state index contributed by atoms with van der Waals surface area (Å²) in [5, 5.41) is 7.77. The first-order valence-corrected chi connectivity index (χ1v) is 9.15. The Kier molecular flexibility index (Phi) is 5.68. The van der Waals surface area contributed by atoms with Crippen LogP contribution in [0.4, 0.5) is 5.82 Å². The van der Waals surface area contributed by atoms with Gasteiger partial charge in [-0.05, 0) is 53.8 Å². The molecular weight excluding hydrogens is 350 g/mol. The molecule has 136 valence electrons. The van der Waals surface area contributed by atoms with Crippen molar-refractivity contribution in [2.75, 3.05) is 11.8 Å². The number of amides is 1. The summed E-state index contributed by atoms with van der Waals surface area (Å²) in [5.41, 5.74) is 2.90. The van der Waals surface area contributed by atoms with E-state index in [-0.39, 0.29) is 5.91 Å². The minimum Gasteiger partial charge on any atom is -0.496 e. The van der Waals surface area contributed by atoms with Crippen LogP contribution in [0.2, 0.25) is 0 Å². The number of hydrogen-bond acceptors (Lipinski definition) is 6. The molecule has 6 nitrogen and oxygen atoms in total. The van der Waals surface area contributed by atoms with E-state index in [1.807, 2.05) is 24.3 Å². The summed E-state index contributed by atoms with van der Waals surface area (Å²) < 4.78 is 14.1. The molecule has 7 heteroatoms. The number of methoxy groups -OCH3 is 1. The third-order valence-electron chi connectivity index (χ3n) is 3.97. The minimum absolute atomic E-state index is 0.0628. The van der Waals surface area contributed by atoms with Gasteiger partial charge in [-0.1, -0.05) is 24.2 Å². The molecule has 0 atom stereocenters. The van der Waals surface area contributed by atoms with E-state index in [0.29, 0.717) is 17.9 Å². The summed E-state index contributed by atoms with van der Waals surface area (Å²) in [7, 11) is 1.66. The maximum atomic E-state index is 11.1. The summed E-state index contributed by atoms with van der Waals surface area (Å²) in [6.45, 7) is 4.08. The second-order valence-electron chi connectivity index (χ2n) is 5.81. The number of carbonyl (C=O) groups is 1. The summed E-state index contributed by atoms with van der Waals surface area (Å²) in [5.74, 6) is 1.38. The Balaban J connectivity index is 1.80. The highest BCUT2D eigenvalue weighted by Gasteiger charge is 2.11. The van der Waals surface area contributed by atoms with Crippen molar-refractivity contribution in [2.45, 2.75) is 31.7 Å². The molecule has 0 spiro atoms. The molecule has 1 heterocycles. The third-order valence-corrected chi connectivity index (χ3v) is 4.80. The van der Waals surface area contributed by atoms with Crippen LogP contribution < -0.4 is 14.8 Å². The standard InChI is InChI=1S/C19H21N3O3S/c1-4-13-5-8-17(24-3)18(10-13)26-22-19-15-9-14(11-20-12(2)23)6-7-16(15)25-21-19/h5-10H,4,11H2,1-3H3,(H,20,23)(H,21,22). The molecule has 0 aliphatic heterocycles. The topological polar surface area (TPSA) is 76.4 Å². The number of rotatable bonds is 7. The zero-order chi connectivity index (χ0) is 18.5. The summed E-state index contributed by atoms with van der Waals surface area (Å²) in [6, 6.07) is 11.9. The molecule has 0 saturated carbocycles. The fraction of sp³-hybridized carbons (Fsp3) is 0.263. The highest BCUT2D eigenvalue weighted by molar-refractivity contribution is 8.00. The maximum absolute atomic E-state index is 11.1. The van der Waals surface area contributed by atoms with Crippen molar-refractivity contribution in [1.82, 2.24) is 10.5 Å². The number of hydrogen-bond donors (Lipinski definition) is 2. The van der Waals surface area contributed by atoms with Gasteiger partial charge >= 0.3 is 0 Å². The van der Waals surface area contributed by atoms with Crippen LogP contribution in [0.1, 0.15) is 25.0 Å². The molecule has 1 amide bonds. The van der Waals surface area contributed by atoms with Crippen LogP contribution >= 0.6 is 11.9 Å². The number of fused-ring (bicyclic) bond motifs is 1. The molecule has 2 N–H and O–H groups in total. The molecule has 26 heavy (non-hydrogen) atoms. The smallest absolute Gasteiger partial charge is 0.217 e. The van der Waals surface area contributed by atoms with Crippen LogP contribution in [0.25, 0.3) is 11.0 Å². The fourth-order valence-electron chi connectivity index (χ4n) is 2.52. The Bertz CT molecular complexity index is 924. The van der Waals surface area contributed by atoms with Gasteiger partial charge in [0.25, 0.3) is 0 Å². The predicted octanol–water partition coefficient (Wildman–Crippen LogP) is 4.15. The van der Waals surface area contributed by atoms with Crippen molar-refractivity contribution in [1.29, 1.82) is 0 Å². The zero-order valence-electron chi connectivity index (χ0n) is 15.0. The average molecular weight is 371 g/mol. The number of aromatic nitrogens is 1. The van der Waals surface area contributed by atoms with Crippen molar-refractivity contribution in [3.05, 3.63) is 47.5 Å². The lowest BCUT2D eigenvalue weighted by Gasteiger charge is -2.10. The van der Waals surface area contributed by atoms with Crippen molar-refractivity contribution >= 4 is 34.6 Å². The van der Waals surface area contributed by atoms with E-state index in [0.717, 1.165) is 28.0 Å². The van der Waals surface area contributed by atoms with E-state index >= 15 is 0 Å². The monoisotopic (exact) mass is 371 g/mol. The number of carbonyl (C=O) groups excluding carboxylic acids is 1. The fourth-order valence-corrected chi connectivity index (χ4v) is 3.34. The zero-order valence-corrected chi connectivity index (χ0v) is 15.8. The van der Waals surface area contributed by atoms with Crippen LogP contribution in [-0.2, 0) is 17.8 Å².